The van der Waals surface area contributed by atoms with Crippen molar-refractivity contribution >= 4 is 12.3 Å². The van der Waals surface area contributed by atoms with Gasteiger partial charge in [0.05, 0.1) is 6.04 Å². The summed E-state index contributed by atoms with van der Waals surface area (Å²) >= 11 is 0. The fourth-order valence-electron chi connectivity index (χ4n) is 3.99. The van der Waals surface area contributed by atoms with Crippen molar-refractivity contribution in [2.45, 2.75) is 13.0 Å². The molecule has 3 aromatic carbocycles. The predicted octanol–water partition coefficient (Wildman–Crippen LogP) is 5.48. The van der Waals surface area contributed by atoms with Crippen molar-refractivity contribution in [2.24, 2.45) is 5.10 Å². The molecule has 3 heteroatoms. The van der Waals surface area contributed by atoms with E-state index in [0.717, 1.165) is 31.8 Å². The third-order valence-electron chi connectivity index (χ3n) is 5.51. The second kappa shape index (κ2) is 10.0. The minimum absolute atomic E-state index is 0.290. The molecule has 3 nitrogen and oxygen atoms in total. The quantitative estimate of drug-likeness (QED) is 0.515. The number of hydrazone groups is 1. The highest BCUT2D eigenvalue weighted by molar-refractivity contribution is 5.84. The molecule has 1 aliphatic heterocycles. The zero-order valence-electron chi connectivity index (χ0n) is 17.6. The Bertz CT molecular complexity index is 917. The Balaban J connectivity index is 1.42. The zero-order valence-corrected chi connectivity index (χ0v) is 17.6. The molecule has 152 valence electrons. The van der Waals surface area contributed by atoms with Crippen LogP contribution in [-0.2, 0) is 0 Å². The summed E-state index contributed by atoms with van der Waals surface area (Å²) in [5.74, 6) is 0. The first-order valence-electron chi connectivity index (χ1n) is 10.7. The molecule has 0 bridgehead atoms. The van der Waals surface area contributed by atoms with E-state index in [1.54, 1.807) is 0 Å². The van der Waals surface area contributed by atoms with Gasteiger partial charge in [-0.05, 0) is 29.2 Å². The van der Waals surface area contributed by atoms with Crippen molar-refractivity contribution in [1.82, 2.24) is 9.91 Å². The lowest BCUT2D eigenvalue weighted by Gasteiger charge is -2.38. The van der Waals surface area contributed by atoms with E-state index in [0.29, 0.717) is 6.04 Å². The molecule has 0 saturated carbocycles. The topological polar surface area (TPSA) is 18.8 Å². The maximum Gasteiger partial charge on any atom is 0.0603 e. The Kier molecular flexibility index (Phi) is 6.73. The van der Waals surface area contributed by atoms with Gasteiger partial charge >= 0.3 is 0 Å². The second-order valence-electron chi connectivity index (χ2n) is 7.76. The van der Waals surface area contributed by atoms with Crippen LogP contribution in [0.5, 0.6) is 0 Å². The van der Waals surface area contributed by atoms with Crippen LogP contribution in [0.15, 0.2) is 102 Å². The number of rotatable bonds is 6. The van der Waals surface area contributed by atoms with Crippen molar-refractivity contribution in [3.05, 3.63) is 113 Å². The van der Waals surface area contributed by atoms with Crippen LogP contribution < -0.4 is 0 Å². The average molecular weight is 396 g/mol. The first kappa shape index (κ1) is 20.1. The molecule has 1 fully saturated rings. The summed E-state index contributed by atoms with van der Waals surface area (Å²) in [5, 5.41) is 6.92. The smallest absolute Gasteiger partial charge is 0.0603 e. The minimum atomic E-state index is 0.290. The van der Waals surface area contributed by atoms with Crippen molar-refractivity contribution in [2.75, 3.05) is 26.2 Å². The van der Waals surface area contributed by atoms with Gasteiger partial charge in [-0.2, -0.15) is 5.10 Å². The van der Waals surface area contributed by atoms with Crippen molar-refractivity contribution in [1.29, 1.82) is 0 Å². The van der Waals surface area contributed by atoms with Crippen LogP contribution in [0.2, 0.25) is 0 Å². The highest BCUT2D eigenvalue weighted by atomic mass is 15.5. The van der Waals surface area contributed by atoms with Crippen LogP contribution in [0.25, 0.3) is 6.08 Å². The van der Waals surface area contributed by atoms with Gasteiger partial charge in [0, 0.05) is 32.4 Å². The molecule has 30 heavy (non-hydrogen) atoms. The largest absolute Gasteiger partial charge is 0.294 e. The van der Waals surface area contributed by atoms with Gasteiger partial charge in [0.15, 0.2) is 0 Å². The second-order valence-corrected chi connectivity index (χ2v) is 7.76. The molecule has 0 atom stereocenters. The Labute approximate surface area is 180 Å². The van der Waals surface area contributed by atoms with Gasteiger partial charge in [0.1, 0.15) is 0 Å². The summed E-state index contributed by atoms with van der Waals surface area (Å²) in [7, 11) is 0. The van der Waals surface area contributed by atoms with Crippen LogP contribution in [0.3, 0.4) is 0 Å². The predicted molar refractivity (Wildman–Crippen MR) is 126 cm³/mol. The maximum atomic E-state index is 4.73. The van der Waals surface area contributed by atoms with Crippen LogP contribution in [0.4, 0.5) is 0 Å². The van der Waals surface area contributed by atoms with E-state index in [1.165, 1.54) is 16.7 Å². The molecule has 0 radical (unpaired) electrons. The third-order valence-corrected chi connectivity index (χ3v) is 5.51. The van der Waals surface area contributed by atoms with E-state index in [-0.39, 0.29) is 0 Å². The van der Waals surface area contributed by atoms with E-state index >= 15 is 0 Å². The molecule has 0 N–H and O–H groups in total. The van der Waals surface area contributed by atoms with Gasteiger partial charge in [-0.1, -0.05) is 97.1 Å². The lowest BCUT2D eigenvalue weighted by molar-refractivity contribution is 0.113. The maximum absolute atomic E-state index is 4.73. The Morgan fingerprint density at radius 2 is 1.23 bits per heavy atom. The van der Waals surface area contributed by atoms with E-state index in [4.69, 9.17) is 5.10 Å². The molecule has 0 aliphatic carbocycles. The fraction of sp³-hybridized carbons (Fsp3) is 0.222. The SMILES string of the molecule is CC(C=NN1CCN(C(c2ccccc2)c2ccccc2)CC1)=Cc1ccccc1. The number of allylic oxidation sites excluding steroid dienone is 1. The van der Waals surface area contributed by atoms with Gasteiger partial charge < -0.3 is 0 Å². The van der Waals surface area contributed by atoms with Crippen LogP contribution in [-0.4, -0.2) is 42.3 Å². The van der Waals surface area contributed by atoms with Gasteiger partial charge in [-0.15, -0.1) is 0 Å². The zero-order chi connectivity index (χ0) is 20.6. The molecule has 1 saturated heterocycles. The van der Waals surface area contributed by atoms with Gasteiger partial charge in [-0.25, -0.2) is 0 Å². The summed E-state index contributed by atoms with van der Waals surface area (Å²) in [6.45, 7) is 5.96. The van der Waals surface area contributed by atoms with E-state index in [9.17, 15) is 0 Å². The number of nitrogens with zero attached hydrogens (tertiary/aromatic N) is 3. The molecule has 1 heterocycles. The van der Waals surface area contributed by atoms with Gasteiger partial charge in [0.2, 0.25) is 0 Å². The van der Waals surface area contributed by atoms with Crippen molar-refractivity contribution in [3.63, 3.8) is 0 Å². The molecule has 0 unspecified atom stereocenters. The van der Waals surface area contributed by atoms with Crippen molar-refractivity contribution < 1.29 is 0 Å². The molecule has 0 amide bonds. The van der Waals surface area contributed by atoms with Crippen LogP contribution >= 0.6 is 0 Å². The first-order chi connectivity index (χ1) is 14.8. The Morgan fingerprint density at radius 3 is 1.77 bits per heavy atom. The highest BCUT2D eigenvalue weighted by Crippen LogP contribution is 2.29. The normalized spacial score (nSPS) is 15.8. The number of benzene rings is 3. The monoisotopic (exact) mass is 395 g/mol. The summed E-state index contributed by atoms with van der Waals surface area (Å²) in [6, 6.07) is 32.3. The fourth-order valence-corrected chi connectivity index (χ4v) is 3.99. The molecular formula is C27H29N3. The minimum Gasteiger partial charge on any atom is -0.294 e. The highest BCUT2D eigenvalue weighted by Gasteiger charge is 2.25. The number of piperazine rings is 1. The van der Waals surface area contributed by atoms with Crippen LogP contribution in [0.1, 0.15) is 29.7 Å². The van der Waals surface area contributed by atoms with E-state index in [1.807, 2.05) is 12.3 Å². The van der Waals surface area contributed by atoms with E-state index in [2.05, 4.69) is 108 Å². The van der Waals surface area contributed by atoms with E-state index < -0.39 is 0 Å². The van der Waals surface area contributed by atoms with Crippen molar-refractivity contribution in [3.8, 4) is 0 Å². The number of hydrogen-bond donors (Lipinski definition) is 0. The Morgan fingerprint density at radius 1 is 0.733 bits per heavy atom. The Hall–Kier alpha value is -3.17. The van der Waals surface area contributed by atoms with Gasteiger partial charge in [-0.3, -0.25) is 9.91 Å². The molecule has 0 spiro atoms. The lowest BCUT2D eigenvalue weighted by Crippen LogP contribution is -2.45. The third kappa shape index (κ3) is 5.25. The summed E-state index contributed by atoms with van der Waals surface area (Å²) in [4.78, 5) is 2.57. The molecule has 0 aromatic heterocycles. The molecule has 4 rings (SSSR count). The standard InChI is InChI=1S/C27H29N3/c1-23(21-24-11-5-2-6-12-24)22-28-30-19-17-29(18-20-30)27(25-13-7-3-8-14-25)26-15-9-4-10-16-26/h2-16,21-22,27H,17-20H2,1H3. The first-order valence-corrected chi connectivity index (χ1v) is 10.7. The molecule has 3 aromatic rings. The summed E-state index contributed by atoms with van der Waals surface area (Å²) in [5.41, 5.74) is 5.07. The lowest BCUT2D eigenvalue weighted by atomic mass is 9.96. The van der Waals surface area contributed by atoms with Gasteiger partial charge in [0.25, 0.3) is 0 Å². The average Bonchev–Trinajstić information content (AvgIpc) is 2.81. The van der Waals surface area contributed by atoms with Crippen LogP contribution in [0, 0.1) is 0 Å². The summed E-state index contributed by atoms with van der Waals surface area (Å²) < 4.78 is 0. The molecule has 1 aliphatic rings. The number of hydrogen-bond acceptors (Lipinski definition) is 3. The summed E-state index contributed by atoms with van der Waals surface area (Å²) in [6.07, 6.45) is 4.15. The molecular weight excluding hydrogens is 366 g/mol.